The van der Waals surface area contributed by atoms with E-state index in [0.717, 1.165) is 26.2 Å². The number of hydrogen-bond acceptors (Lipinski definition) is 5. The summed E-state index contributed by atoms with van der Waals surface area (Å²) < 4.78 is 10.4. The van der Waals surface area contributed by atoms with E-state index in [4.69, 9.17) is 9.47 Å². The molecule has 0 aromatic carbocycles. The van der Waals surface area contributed by atoms with Crippen LogP contribution in [0.15, 0.2) is 0 Å². The van der Waals surface area contributed by atoms with Gasteiger partial charge in [-0.1, -0.05) is 6.92 Å². The Morgan fingerprint density at radius 3 is 3.00 bits per heavy atom. The molecule has 1 heterocycles. The minimum absolute atomic E-state index is 0.0123. The molecule has 0 aromatic heterocycles. The first kappa shape index (κ1) is 15.4. The molecule has 6 nitrogen and oxygen atoms in total. The third-order valence-corrected chi connectivity index (χ3v) is 2.97. The van der Waals surface area contributed by atoms with Crippen LogP contribution >= 0.6 is 0 Å². The summed E-state index contributed by atoms with van der Waals surface area (Å²) in [5, 5.41) is 6.05. The van der Waals surface area contributed by atoms with Crippen LogP contribution in [0.25, 0.3) is 0 Å². The van der Waals surface area contributed by atoms with Crippen LogP contribution in [0.1, 0.15) is 6.92 Å². The molecule has 18 heavy (non-hydrogen) atoms. The van der Waals surface area contributed by atoms with E-state index < -0.39 is 0 Å². The summed E-state index contributed by atoms with van der Waals surface area (Å²) in [6.07, 6.45) is -0.322. The number of amides is 1. The van der Waals surface area contributed by atoms with Gasteiger partial charge in [-0.2, -0.15) is 0 Å². The quantitative estimate of drug-likeness (QED) is 0.551. The van der Waals surface area contributed by atoms with E-state index in [1.807, 2.05) is 0 Å². The van der Waals surface area contributed by atoms with Gasteiger partial charge in [-0.15, -0.1) is 0 Å². The number of carbonyl (C=O) groups excluding carboxylic acids is 1. The van der Waals surface area contributed by atoms with Gasteiger partial charge in [0, 0.05) is 39.8 Å². The Bertz CT molecular complexity index is 239. The number of methoxy groups -OCH3 is 1. The summed E-state index contributed by atoms with van der Waals surface area (Å²) >= 11 is 0. The SMILES string of the molecule is CCN1CCOC(C(=O)NCCNCCOC)C1. The van der Waals surface area contributed by atoms with Crippen molar-refractivity contribution in [2.24, 2.45) is 0 Å². The second-order valence-electron chi connectivity index (χ2n) is 4.29. The Kier molecular flexibility index (Phi) is 7.91. The van der Waals surface area contributed by atoms with Gasteiger partial charge in [-0.25, -0.2) is 0 Å². The second-order valence-corrected chi connectivity index (χ2v) is 4.29. The van der Waals surface area contributed by atoms with Gasteiger partial charge in [-0.05, 0) is 6.54 Å². The van der Waals surface area contributed by atoms with Gasteiger partial charge in [-0.3, -0.25) is 9.69 Å². The van der Waals surface area contributed by atoms with E-state index >= 15 is 0 Å². The van der Waals surface area contributed by atoms with E-state index in [9.17, 15) is 4.79 Å². The molecule has 0 radical (unpaired) electrons. The molecule has 0 bridgehead atoms. The maximum Gasteiger partial charge on any atom is 0.250 e. The molecule has 6 heteroatoms. The topological polar surface area (TPSA) is 62.8 Å². The van der Waals surface area contributed by atoms with Crippen LogP contribution < -0.4 is 10.6 Å². The maximum atomic E-state index is 11.8. The monoisotopic (exact) mass is 259 g/mol. The van der Waals surface area contributed by atoms with Crippen molar-refractivity contribution in [3.63, 3.8) is 0 Å². The zero-order chi connectivity index (χ0) is 13.2. The largest absolute Gasteiger partial charge is 0.383 e. The molecule has 106 valence electrons. The lowest BCUT2D eigenvalue weighted by atomic mass is 10.2. The number of morpholine rings is 1. The molecular weight excluding hydrogens is 234 g/mol. The molecule has 1 atom stereocenters. The molecule has 0 aliphatic carbocycles. The van der Waals surface area contributed by atoms with Gasteiger partial charge >= 0.3 is 0 Å². The predicted octanol–water partition coefficient (Wildman–Crippen LogP) is -0.941. The smallest absolute Gasteiger partial charge is 0.250 e. The Morgan fingerprint density at radius 2 is 2.28 bits per heavy atom. The number of hydrogen-bond donors (Lipinski definition) is 2. The highest BCUT2D eigenvalue weighted by Crippen LogP contribution is 2.04. The summed E-state index contributed by atoms with van der Waals surface area (Å²) in [6.45, 7) is 8.16. The van der Waals surface area contributed by atoms with Gasteiger partial charge in [0.25, 0.3) is 5.91 Å². The predicted molar refractivity (Wildman–Crippen MR) is 69.6 cm³/mol. The van der Waals surface area contributed by atoms with Crippen LogP contribution in [0.4, 0.5) is 0 Å². The lowest BCUT2D eigenvalue weighted by Gasteiger charge is -2.31. The normalized spacial score (nSPS) is 20.9. The summed E-state index contributed by atoms with van der Waals surface area (Å²) in [4.78, 5) is 14.1. The molecule has 1 amide bonds. The summed E-state index contributed by atoms with van der Waals surface area (Å²) in [7, 11) is 1.67. The highest BCUT2D eigenvalue weighted by atomic mass is 16.5. The third kappa shape index (κ3) is 5.77. The van der Waals surface area contributed by atoms with Gasteiger partial charge in [0.15, 0.2) is 0 Å². The molecule has 1 saturated heterocycles. The zero-order valence-electron chi connectivity index (χ0n) is 11.4. The van der Waals surface area contributed by atoms with Crippen molar-refractivity contribution < 1.29 is 14.3 Å². The molecule has 1 aliphatic heterocycles. The van der Waals surface area contributed by atoms with E-state index in [1.165, 1.54) is 0 Å². The first-order valence-corrected chi connectivity index (χ1v) is 6.59. The molecule has 0 saturated carbocycles. The Labute approximate surface area is 109 Å². The van der Waals surface area contributed by atoms with E-state index in [0.29, 0.717) is 26.3 Å². The van der Waals surface area contributed by atoms with Crippen molar-refractivity contribution in [1.29, 1.82) is 0 Å². The molecule has 1 fully saturated rings. The number of likely N-dealkylation sites (N-methyl/N-ethyl adjacent to an activating group) is 1. The standard InChI is InChI=1S/C12H25N3O3/c1-3-15-7-9-18-11(10-15)12(16)14-5-4-13-6-8-17-2/h11,13H,3-10H2,1-2H3,(H,14,16). The molecule has 1 aliphatic rings. The lowest BCUT2D eigenvalue weighted by molar-refractivity contribution is -0.138. The average Bonchev–Trinajstić information content (AvgIpc) is 2.42. The third-order valence-electron chi connectivity index (χ3n) is 2.97. The lowest BCUT2D eigenvalue weighted by Crippen LogP contribution is -2.50. The fourth-order valence-corrected chi connectivity index (χ4v) is 1.84. The fourth-order valence-electron chi connectivity index (χ4n) is 1.84. The Balaban J connectivity index is 2.08. The highest BCUT2D eigenvalue weighted by molar-refractivity contribution is 5.81. The molecule has 0 aromatic rings. The van der Waals surface area contributed by atoms with E-state index in [2.05, 4.69) is 22.5 Å². The van der Waals surface area contributed by atoms with Crippen LogP contribution in [-0.4, -0.2) is 76.5 Å². The summed E-state index contributed by atoms with van der Waals surface area (Å²) in [6, 6.07) is 0. The molecule has 1 unspecified atom stereocenters. The van der Waals surface area contributed by atoms with Crippen LogP contribution in [0.2, 0.25) is 0 Å². The Hall–Kier alpha value is -0.690. The van der Waals surface area contributed by atoms with Crippen molar-refractivity contribution in [3.05, 3.63) is 0 Å². The number of rotatable bonds is 8. The van der Waals surface area contributed by atoms with Gasteiger partial charge in [0.2, 0.25) is 0 Å². The number of carbonyl (C=O) groups is 1. The van der Waals surface area contributed by atoms with Crippen LogP contribution in [0.3, 0.4) is 0 Å². The number of ether oxygens (including phenoxy) is 2. The zero-order valence-corrected chi connectivity index (χ0v) is 11.4. The van der Waals surface area contributed by atoms with E-state index in [-0.39, 0.29) is 12.0 Å². The minimum atomic E-state index is -0.322. The molecule has 1 rings (SSSR count). The highest BCUT2D eigenvalue weighted by Gasteiger charge is 2.25. The van der Waals surface area contributed by atoms with Crippen molar-refractivity contribution in [2.45, 2.75) is 13.0 Å². The summed E-state index contributed by atoms with van der Waals surface area (Å²) in [5.41, 5.74) is 0. The van der Waals surface area contributed by atoms with Crippen molar-refractivity contribution in [3.8, 4) is 0 Å². The van der Waals surface area contributed by atoms with Crippen LogP contribution in [0, 0.1) is 0 Å². The van der Waals surface area contributed by atoms with E-state index in [1.54, 1.807) is 7.11 Å². The number of nitrogens with zero attached hydrogens (tertiary/aromatic N) is 1. The van der Waals surface area contributed by atoms with Crippen molar-refractivity contribution in [2.75, 3.05) is 59.6 Å². The maximum absolute atomic E-state index is 11.8. The molecule has 2 N–H and O–H groups in total. The molecular formula is C12H25N3O3. The number of nitrogens with one attached hydrogen (secondary N) is 2. The first-order chi connectivity index (χ1) is 8.77. The first-order valence-electron chi connectivity index (χ1n) is 6.59. The second kappa shape index (κ2) is 9.27. The van der Waals surface area contributed by atoms with Crippen molar-refractivity contribution >= 4 is 5.91 Å². The average molecular weight is 259 g/mol. The fraction of sp³-hybridized carbons (Fsp3) is 0.917. The minimum Gasteiger partial charge on any atom is -0.383 e. The Morgan fingerprint density at radius 1 is 1.44 bits per heavy atom. The van der Waals surface area contributed by atoms with Crippen LogP contribution in [0.5, 0.6) is 0 Å². The van der Waals surface area contributed by atoms with Gasteiger partial charge in [0.05, 0.1) is 13.2 Å². The molecule has 0 spiro atoms. The van der Waals surface area contributed by atoms with Crippen LogP contribution in [-0.2, 0) is 14.3 Å². The van der Waals surface area contributed by atoms with Gasteiger partial charge in [0.1, 0.15) is 6.10 Å². The van der Waals surface area contributed by atoms with Crippen molar-refractivity contribution in [1.82, 2.24) is 15.5 Å². The van der Waals surface area contributed by atoms with Gasteiger partial charge < -0.3 is 20.1 Å². The summed E-state index contributed by atoms with van der Waals surface area (Å²) in [5.74, 6) is -0.0123.